The molecule has 0 radical (unpaired) electrons. The zero-order chi connectivity index (χ0) is 21.7. The van der Waals surface area contributed by atoms with Crippen molar-refractivity contribution in [2.45, 2.75) is 61.9 Å². The lowest BCUT2D eigenvalue weighted by Crippen LogP contribution is -2.59. The number of fused-ring (bicyclic) bond motifs is 1. The minimum absolute atomic E-state index is 0.158. The van der Waals surface area contributed by atoms with Crippen LogP contribution in [0.1, 0.15) is 39.3 Å². The van der Waals surface area contributed by atoms with E-state index in [1.807, 2.05) is 18.7 Å². The van der Waals surface area contributed by atoms with E-state index >= 15 is 0 Å². The first-order chi connectivity index (χ1) is 13.3. The maximum Gasteiger partial charge on any atom is 0.578 e. The van der Waals surface area contributed by atoms with Gasteiger partial charge in [-0.25, -0.2) is 0 Å². The highest BCUT2D eigenvalue weighted by molar-refractivity contribution is 7.92. The van der Waals surface area contributed by atoms with Crippen molar-refractivity contribution in [3.8, 4) is 5.75 Å². The molecule has 3 atom stereocenters. The number of rotatable bonds is 3. The van der Waals surface area contributed by atoms with Crippen molar-refractivity contribution < 1.29 is 32.4 Å². The summed E-state index contributed by atoms with van der Waals surface area (Å²) in [6.07, 6.45) is -1.17. The molecule has 0 spiro atoms. The molecule has 1 fully saturated rings. The van der Waals surface area contributed by atoms with Crippen LogP contribution < -0.4 is 4.74 Å². The third-order valence-corrected chi connectivity index (χ3v) is 6.56. The van der Waals surface area contributed by atoms with Gasteiger partial charge in [-0.15, -0.1) is 13.2 Å². The number of carbonyl (C=O) groups is 1. The monoisotopic (exact) mass is 434 g/mol. The number of aliphatic hydroxyl groups excluding tert-OH is 1. The number of amides is 1. The van der Waals surface area contributed by atoms with Crippen LogP contribution >= 0.6 is 0 Å². The van der Waals surface area contributed by atoms with Gasteiger partial charge in [0.05, 0.1) is 23.8 Å². The molecule has 10 heteroatoms. The second kappa shape index (κ2) is 7.64. The van der Waals surface area contributed by atoms with Gasteiger partial charge >= 0.3 is 5.51 Å². The molecule has 3 rings (SSSR count). The van der Waals surface area contributed by atoms with Crippen molar-refractivity contribution in [2.24, 2.45) is 0 Å². The first-order valence-corrected chi connectivity index (χ1v) is 10.5. The lowest BCUT2D eigenvalue weighted by molar-refractivity contribution is -0.151. The molecule has 1 aromatic carbocycles. The summed E-state index contributed by atoms with van der Waals surface area (Å²) in [5.74, 6) is 0.0484. The Morgan fingerprint density at radius 3 is 2.52 bits per heavy atom. The molecule has 6 nitrogen and oxygen atoms in total. The lowest BCUT2D eigenvalue weighted by atomic mass is 9.85. The van der Waals surface area contributed by atoms with Crippen LogP contribution in [0.3, 0.4) is 0 Å². The summed E-state index contributed by atoms with van der Waals surface area (Å²) in [7, 11) is 0. The molecular weight excluding hydrogens is 409 g/mol. The average molecular weight is 434 g/mol. The Hall–Kier alpha value is -1.49. The van der Waals surface area contributed by atoms with Gasteiger partial charge in [-0.3, -0.25) is 9.69 Å². The van der Waals surface area contributed by atoms with Crippen LogP contribution in [-0.2, 0) is 16.0 Å². The molecule has 2 aliphatic rings. The van der Waals surface area contributed by atoms with Crippen LogP contribution in [0.5, 0.6) is 5.75 Å². The zero-order valence-electron chi connectivity index (χ0n) is 16.7. The van der Waals surface area contributed by atoms with Crippen LogP contribution in [0.2, 0.25) is 0 Å². The number of nitrogens with zero attached hydrogens (tertiary/aromatic N) is 2. The van der Waals surface area contributed by atoms with Gasteiger partial charge in [-0.05, 0) is 39.8 Å². The van der Waals surface area contributed by atoms with Gasteiger partial charge in [0.25, 0.3) is 0 Å². The molecule has 3 unspecified atom stereocenters. The SMILES string of the molecule is CC(C)N1CCN(C2c3cc([S+]([O-])C(F)(F)F)ccc3OC(C)(C)C2O)C(=O)C1. The highest BCUT2D eigenvalue weighted by Gasteiger charge is 2.50. The summed E-state index contributed by atoms with van der Waals surface area (Å²) in [6.45, 7) is 8.32. The van der Waals surface area contributed by atoms with Gasteiger partial charge in [0.1, 0.15) is 17.5 Å². The fraction of sp³-hybridized carbons (Fsp3) is 0.632. The number of carbonyl (C=O) groups excluding carboxylic acids is 1. The van der Waals surface area contributed by atoms with E-state index in [1.54, 1.807) is 13.8 Å². The van der Waals surface area contributed by atoms with Crippen molar-refractivity contribution in [1.29, 1.82) is 0 Å². The number of aliphatic hydroxyl groups is 1. The maximum absolute atomic E-state index is 12.9. The van der Waals surface area contributed by atoms with Gasteiger partial charge in [0.2, 0.25) is 5.91 Å². The van der Waals surface area contributed by atoms with Crippen molar-refractivity contribution in [2.75, 3.05) is 19.6 Å². The molecule has 2 aliphatic heterocycles. The van der Waals surface area contributed by atoms with E-state index in [4.69, 9.17) is 4.74 Å². The van der Waals surface area contributed by atoms with E-state index < -0.39 is 39.3 Å². The number of ether oxygens (including phenoxy) is 1. The van der Waals surface area contributed by atoms with Gasteiger partial charge < -0.3 is 19.3 Å². The van der Waals surface area contributed by atoms with Crippen LogP contribution in [0.25, 0.3) is 0 Å². The van der Waals surface area contributed by atoms with E-state index in [9.17, 15) is 27.6 Å². The quantitative estimate of drug-likeness (QED) is 0.740. The van der Waals surface area contributed by atoms with E-state index in [1.165, 1.54) is 11.0 Å². The Kier molecular flexibility index (Phi) is 5.85. The summed E-state index contributed by atoms with van der Waals surface area (Å²) in [6, 6.07) is 2.84. The molecule has 29 heavy (non-hydrogen) atoms. The molecule has 1 aromatic rings. The first kappa shape index (κ1) is 22.2. The number of alkyl halides is 3. The fourth-order valence-electron chi connectivity index (χ4n) is 3.77. The normalized spacial score (nSPS) is 26.3. The lowest BCUT2D eigenvalue weighted by Gasteiger charge is -2.48. The van der Waals surface area contributed by atoms with Crippen molar-refractivity contribution >= 4 is 17.1 Å². The first-order valence-electron chi connectivity index (χ1n) is 9.36. The highest BCUT2D eigenvalue weighted by Crippen LogP contribution is 2.45. The maximum atomic E-state index is 12.9. The molecule has 1 amide bonds. The third-order valence-electron chi connectivity index (χ3n) is 5.46. The molecule has 0 bridgehead atoms. The van der Waals surface area contributed by atoms with E-state index in [2.05, 4.69) is 0 Å². The van der Waals surface area contributed by atoms with Gasteiger partial charge in [0, 0.05) is 30.8 Å². The van der Waals surface area contributed by atoms with E-state index in [-0.39, 0.29) is 29.8 Å². The Morgan fingerprint density at radius 1 is 1.31 bits per heavy atom. The number of hydrogen-bond donors (Lipinski definition) is 1. The molecule has 0 saturated carbocycles. The zero-order valence-corrected chi connectivity index (χ0v) is 17.5. The summed E-state index contributed by atoms with van der Waals surface area (Å²) in [5.41, 5.74) is -5.73. The Bertz CT molecular complexity index is 787. The summed E-state index contributed by atoms with van der Waals surface area (Å²) in [5, 5.41) is 10.9. The molecule has 2 heterocycles. The number of piperazine rings is 1. The van der Waals surface area contributed by atoms with Crippen LogP contribution in [-0.4, -0.2) is 68.3 Å². The van der Waals surface area contributed by atoms with Gasteiger partial charge in [-0.2, -0.15) is 0 Å². The molecular formula is C19H25F3N2O4S. The van der Waals surface area contributed by atoms with E-state index in [0.29, 0.717) is 13.1 Å². The van der Waals surface area contributed by atoms with Crippen molar-refractivity contribution in [1.82, 2.24) is 9.80 Å². The minimum atomic E-state index is -4.91. The molecule has 1 saturated heterocycles. The average Bonchev–Trinajstić information content (AvgIpc) is 2.61. The summed E-state index contributed by atoms with van der Waals surface area (Å²) in [4.78, 5) is 15.9. The fourth-order valence-corrected chi connectivity index (χ4v) is 4.46. The minimum Gasteiger partial charge on any atom is -0.604 e. The Morgan fingerprint density at radius 2 is 1.97 bits per heavy atom. The second-order valence-corrected chi connectivity index (χ2v) is 9.63. The van der Waals surface area contributed by atoms with Crippen LogP contribution in [0.4, 0.5) is 13.2 Å². The van der Waals surface area contributed by atoms with Crippen molar-refractivity contribution in [3.63, 3.8) is 0 Å². The third kappa shape index (κ3) is 4.21. The second-order valence-electron chi connectivity index (χ2n) is 8.16. The summed E-state index contributed by atoms with van der Waals surface area (Å²) < 4.78 is 56.5. The largest absolute Gasteiger partial charge is 0.604 e. The topological polar surface area (TPSA) is 76.1 Å². The molecule has 1 N–H and O–H groups in total. The smallest absolute Gasteiger partial charge is 0.578 e. The van der Waals surface area contributed by atoms with Crippen molar-refractivity contribution in [3.05, 3.63) is 23.8 Å². The standard InChI is InChI=1S/C19H25F3N2O4S/c1-11(2)23-7-8-24(15(25)10-23)16-13-9-12(29(27)19(20,21)22)5-6-14(13)28-18(3,4)17(16)26/h5-6,9,11,16-17,26H,7-8,10H2,1-4H3. The number of halogens is 3. The molecule has 0 aromatic heterocycles. The van der Waals surface area contributed by atoms with Crippen LogP contribution in [0.15, 0.2) is 23.1 Å². The number of hydrogen-bond acceptors (Lipinski definition) is 5. The predicted molar refractivity (Wildman–Crippen MR) is 101 cm³/mol. The van der Waals surface area contributed by atoms with Gasteiger partial charge in [-0.1, -0.05) is 0 Å². The van der Waals surface area contributed by atoms with E-state index in [0.717, 1.165) is 12.1 Å². The Labute approximate surface area is 170 Å². The molecule has 0 aliphatic carbocycles. The van der Waals surface area contributed by atoms with Gasteiger partial charge in [0.15, 0.2) is 4.90 Å². The number of benzene rings is 1. The highest BCUT2D eigenvalue weighted by atomic mass is 32.2. The predicted octanol–water partition coefficient (Wildman–Crippen LogP) is 2.44. The molecule has 162 valence electrons. The summed E-state index contributed by atoms with van der Waals surface area (Å²) >= 11 is -3.22. The van der Waals surface area contributed by atoms with Crippen LogP contribution in [0, 0.1) is 0 Å². The Balaban J connectivity index is 2.02.